The molecule has 3 nitrogen and oxygen atoms in total. The molecule has 0 bridgehead atoms. The standard InChI is InChI=1S/C11H10F3NO2/c12-11(13,14)6-1-3-7(4-2-6)15-9-5-8(9)10(16)17/h1-4,8-9,15H,5H2,(H,16,17). The molecule has 17 heavy (non-hydrogen) atoms. The molecule has 1 aromatic carbocycles. The minimum atomic E-state index is -4.35. The number of halogens is 3. The van der Waals surface area contributed by atoms with Crippen LogP contribution in [0.25, 0.3) is 0 Å². The Morgan fingerprint density at radius 3 is 2.29 bits per heavy atom. The number of rotatable bonds is 3. The number of carboxylic acids is 1. The summed E-state index contributed by atoms with van der Waals surface area (Å²) in [6.07, 6.45) is -3.84. The SMILES string of the molecule is O=C(O)C1CC1Nc1ccc(C(F)(F)F)cc1. The number of benzene rings is 1. The third-order valence-electron chi connectivity index (χ3n) is 2.67. The minimum Gasteiger partial charge on any atom is -0.481 e. The van der Waals surface area contributed by atoms with Gasteiger partial charge in [-0.3, -0.25) is 4.79 Å². The summed E-state index contributed by atoms with van der Waals surface area (Å²) in [5, 5.41) is 11.5. The lowest BCUT2D eigenvalue weighted by molar-refractivity contribution is -0.139. The maximum atomic E-state index is 12.3. The van der Waals surface area contributed by atoms with Gasteiger partial charge in [-0.2, -0.15) is 13.2 Å². The summed E-state index contributed by atoms with van der Waals surface area (Å²) in [7, 11) is 0. The third kappa shape index (κ3) is 2.69. The molecule has 92 valence electrons. The molecule has 0 amide bonds. The molecule has 2 unspecified atom stereocenters. The minimum absolute atomic E-state index is 0.177. The Hall–Kier alpha value is -1.72. The van der Waals surface area contributed by atoms with Crippen LogP contribution in [0.4, 0.5) is 18.9 Å². The highest BCUT2D eigenvalue weighted by molar-refractivity contribution is 5.75. The van der Waals surface area contributed by atoms with Gasteiger partial charge in [-0.15, -0.1) is 0 Å². The van der Waals surface area contributed by atoms with E-state index >= 15 is 0 Å². The Bertz CT molecular complexity index is 427. The highest BCUT2D eigenvalue weighted by atomic mass is 19.4. The lowest BCUT2D eigenvalue weighted by atomic mass is 10.2. The molecule has 0 spiro atoms. The Morgan fingerprint density at radius 2 is 1.88 bits per heavy atom. The molecule has 0 saturated heterocycles. The molecule has 1 aromatic rings. The number of hydrogen-bond donors (Lipinski definition) is 2. The predicted octanol–water partition coefficient (Wildman–Crippen LogP) is 2.59. The number of anilines is 1. The number of aliphatic carboxylic acids is 1. The topological polar surface area (TPSA) is 49.3 Å². The fourth-order valence-electron chi connectivity index (χ4n) is 1.60. The molecule has 1 saturated carbocycles. The fourth-order valence-corrected chi connectivity index (χ4v) is 1.60. The molecule has 1 aliphatic carbocycles. The lowest BCUT2D eigenvalue weighted by Gasteiger charge is -2.08. The first kappa shape index (κ1) is 11.8. The quantitative estimate of drug-likeness (QED) is 0.860. The summed E-state index contributed by atoms with van der Waals surface area (Å²) in [5.74, 6) is -1.31. The van der Waals surface area contributed by atoms with Gasteiger partial charge in [0.2, 0.25) is 0 Å². The van der Waals surface area contributed by atoms with Crippen LogP contribution in [0, 0.1) is 5.92 Å². The number of carbonyl (C=O) groups is 1. The van der Waals surface area contributed by atoms with Crippen molar-refractivity contribution in [1.82, 2.24) is 0 Å². The van der Waals surface area contributed by atoms with Crippen LogP contribution in [-0.2, 0) is 11.0 Å². The molecular formula is C11H10F3NO2. The first-order valence-corrected chi connectivity index (χ1v) is 5.04. The Kier molecular flexibility index (Phi) is 2.73. The van der Waals surface area contributed by atoms with E-state index in [1.54, 1.807) is 0 Å². The first-order chi connectivity index (χ1) is 7.88. The smallest absolute Gasteiger partial charge is 0.416 e. The van der Waals surface area contributed by atoms with Gasteiger partial charge in [0.1, 0.15) is 0 Å². The Labute approximate surface area is 95.3 Å². The fraction of sp³-hybridized carbons (Fsp3) is 0.364. The first-order valence-electron chi connectivity index (χ1n) is 5.04. The number of nitrogens with one attached hydrogen (secondary N) is 1. The van der Waals surface area contributed by atoms with Gasteiger partial charge >= 0.3 is 12.1 Å². The van der Waals surface area contributed by atoms with Crippen molar-refractivity contribution in [2.24, 2.45) is 5.92 Å². The van der Waals surface area contributed by atoms with E-state index in [0.717, 1.165) is 12.1 Å². The molecule has 0 radical (unpaired) electrons. The number of hydrogen-bond acceptors (Lipinski definition) is 2. The van der Waals surface area contributed by atoms with Crippen LogP contribution < -0.4 is 5.32 Å². The summed E-state index contributed by atoms with van der Waals surface area (Å²) in [6.45, 7) is 0. The van der Waals surface area contributed by atoms with Crippen molar-refractivity contribution >= 4 is 11.7 Å². The second kappa shape index (κ2) is 3.94. The van der Waals surface area contributed by atoms with Gasteiger partial charge in [0.15, 0.2) is 0 Å². The van der Waals surface area contributed by atoms with Crippen LogP contribution in [-0.4, -0.2) is 17.1 Å². The molecule has 1 aliphatic rings. The van der Waals surface area contributed by atoms with Crippen molar-refractivity contribution in [3.05, 3.63) is 29.8 Å². The summed E-state index contributed by atoms with van der Waals surface area (Å²) in [6, 6.07) is 4.38. The van der Waals surface area contributed by atoms with E-state index in [4.69, 9.17) is 5.11 Å². The highest BCUT2D eigenvalue weighted by Crippen LogP contribution is 2.35. The lowest BCUT2D eigenvalue weighted by Crippen LogP contribution is -2.10. The average molecular weight is 245 g/mol. The van der Waals surface area contributed by atoms with E-state index in [9.17, 15) is 18.0 Å². The number of alkyl halides is 3. The molecule has 2 atom stereocenters. The zero-order valence-corrected chi connectivity index (χ0v) is 8.66. The van der Waals surface area contributed by atoms with Crippen LogP contribution in [0.5, 0.6) is 0 Å². The summed E-state index contributed by atoms with van der Waals surface area (Å²) >= 11 is 0. The van der Waals surface area contributed by atoms with Crippen molar-refractivity contribution in [2.45, 2.75) is 18.6 Å². The maximum absolute atomic E-state index is 12.3. The van der Waals surface area contributed by atoms with Crippen LogP contribution in [0.3, 0.4) is 0 Å². The molecule has 2 rings (SSSR count). The summed E-state index contributed by atoms with van der Waals surface area (Å²) < 4.78 is 36.8. The van der Waals surface area contributed by atoms with Gasteiger partial charge in [0.05, 0.1) is 11.5 Å². The van der Waals surface area contributed by atoms with Gasteiger partial charge in [0.25, 0.3) is 0 Å². The van der Waals surface area contributed by atoms with Crippen LogP contribution in [0.15, 0.2) is 24.3 Å². The van der Waals surface area contributed by atoms with Crippen molar-refractivity contribution in [1.29, 1.82) is 0 Å². The van der Waals surface area contributed by atoms with Crippen LogP contribution >= 0.6 is 0 Å². The third-order valence-corrected chi connectivity index (χ3v) is 2.67. The molecular weight excluding hydrogens is 235 g/mol. The van der Waals surface area contributed by atoms with E-state index in [2.05, 4.69) is 5.32 Å². The molecule has 0 aliphatic heterocycles. The monoisotopic (exact) mass is 245 g/mol. The van der Waals surface area contributed by atoms with Gasteiger partial charge < -0.3 is 10.4 Å². The summed E-state index contributed by atoms with van der Waals surface area (Å²) in [5.41, 5.74) is -0.208. The van der Waals surface area contributed by atoms with Gasteiger partial charge in [-0.05, 0) is 30.7 Å². The molecule has 2 N–H and O–H groups in total. The maximum Gasteiger partial charge on any atom is 0.416 e. The van der Waals surface area contributed by atoms with Crippen LogP contribution in [0.2, 0.25) is 0 Å². The summed E-state index contributed by atoms with van der Waals surface area (Å²) in [4.78, 5) is 10.6. The van der Waals surface area contributed by atoms with Crippen molar-refractivity contribution in [2.75, 3.05) is 5.32 Å². The predicted molar refractivity (Wildman–Crippen MR) is 54.6 cm³/mol. The molecule has 0 heterocycles. The largest absolute Gasteiger partial charge is 0.481 e. The van der Waals surface area contributed by atoms with Gasteiger partial charge in [-0.25, -0.2) is 0 Å². The average Bonchev–Trinajstić information content (AvgIpc) is 2.96. The van der Waals surface area contributed by atoms with E-state index < -0.39 is 23.6 Å². The van der Waals surface area contributed by atoms with Crippen LogP contribution in [0.1, 0.15) is 12.0 Å². The van der Waals surface area contributed by atoms with Gasteiger partial charge in [-0.1, -0.05) is 0 Å². The molecule has 1 fully saturated rings. The van der Waals surface area contributed by atoms with E-state index in [0.29, 0.717) is 12.1 Å². The second-order valence-corrected chi connectivity index (χ2v) is 4.01. The highest BCUT2D eigenvalue weighted by Gasteiger charge is 2.43. The molecule has 0 aromatic heterocycles. The number of carboxylic acid groups (broad SMARTS) is 1. The normalized spacial score (nSPS) is 23.2. The van der Waals surface area contributed by atoms with E-state index in [1.165, 1.54) is 12.1 Å². The zero-order valence-electron chi connectivity index (χ0n) is 8.66. The second-order valence-electron chi connectivity index (χ2n) is 4.01. The van der Waals surface area contributed by atoms with Crippen molar-refractivity contribution in [3.8, 4) is 0 Å². The van der Waals surface area contributed by atoms with E-state index in [1.807, 2.05) is 0 Å². The Balaban J connectivity index is 1.98. The van der Waals surface area contributed by atoms with Gasteiger partial charge in [0, 0.05) is 11.7 Å². The van der Waals surface area contributed by atoms with Crippen molar-refractivity contribution in [3.63, 3.8) is 0 Å². The molecule has 6 heteroatoms. The Morgan fingerprint density at radius 1 is 1.29 bits per heavy atom. The van der Waals surface area contributed by atoms with E-state index in [-0.39, 0.29) is 6.04 Å². The van der Waals surface area contributed by atoms with Crippen molar-refractivity contribution < 1.29 is 23.1 Å². The zero-order chi connectivity index (χ0) is 12.6.